The number of urea groups is 1. The summed E-state index contributed by atoms with van der Waals surface area (Å²) in [6.07, 6.45) is 5.44. The molecule has 37 heavy (non-hydrogen) atoms. The summed E-state index contributed by atoms with van der Waals surface area (Å²) in [5.41, 5.74) is 0.972. The fourth-order valence-corrected chi connectivity index (χ4v) is 5.50. The summed E-state index contributed by atoms with van der Waals surface area (Å²) in [6.45, 7) is 4.29. The summed E-state index contributed by atoms with van der Waals surface area (Å²) in [7, 11) is 3.25. The Labute approximate surface area is 225 Å². The average molecular weight is 539 g/mol. The Bertz CT molecular complexity index is 837. The quantitative estimate of drug-likeness (QED) is 0.369. The molecule has 3 N–H and O–H groups in total. The van der Waals surface area contributed by atoms with E-state index >= 15 is 0 Å². The third kappa shape index (κ3) is 9.96. The molecule has 0 bridgehead atoms. The number of benzene rings is 1. The Balaban J connectivity index is 1.62. The summed E-state index contributed by atoms with van der Waals surface area (Å²) in [5.74, 6) is 0.573. The van der Waals surface area contributed by atoms with Gasteiger partial charge in [0.05, 0.1) is 19.8 Å². The molecular formula is C27H43ClN4O5. The first-order valence-electron chi connectivity index (χ1n) is 13.5. The van der Waals surface area contributed by atoms with Gasteiger partial charge in [-0.2, -0.15) is 0 Å². The van der Waals surface area contributed by atoms with Crippen molar-refractivity contribution < 1.29 is 23.8 Å². The molecule has 0 radical (unpaired) electrons. The number of likely N-dealkylation sites (tertiary alicyclic amines) is 1. The number of hydrogen-bond acceptors (Lipinski definition) is 6. The van der Waals surface area contributed by atoms with Crippen LogP contribution in [0, 0.1) is 11.8 Å². The molecule has 10 heteroatoms. The predicted octanol–water partition coefficient (Wildman–Crippen LogP) is 3.97. The van der Waals surface area contributed by atoms with Gasteiger partial charge in [-0.3, -0.25) is 0 Å². The Kier molecular flexibility index (Phi) is 12.8. The number of likely N-dealkylation sites (N-methyl/N-ethyl adjacent to an activating group) is 1. The number of piperidine rings is 1. The molecule has 0 spiro atoms. The number of carbonyl (C=O) groups excluding carboxylic acids is 2. The molecule has 208 valence electrons. The van der Waals surface area contributed by atoms with Gasteiger partial charge < -0.3 is 35.1 Å². The summed E-state index contributed by atoms with van der Waals surface area (Å²) >= 11 is 6.29. The molecule has 3 rings (SSSR count). The first-order chi connectivity index (χ1) is 18.0. The lowest BCUT2D eigenvalue weighted by atomic mass is 9.88. The Hall–Kier alpha value is -2.07. The second kappa shape index (κ2) is 16.0. The Morgan fingerprint density at radius 1 is 1.24 bits per heavy atom. The van der Waals surface area contributed by atoms with Crippen molar-refractivity contribution in [1.82, 2.24) is 20.9 Å². The van der Waals surface area contributed by atoms with Gasteiger partial charge in [-0.1, -0.05) is 30.2 Å². The third-order valence-corrected chi connectivity index (χ3v) is 7.34. The van der Waals surface area contributed by atoms with Crippen LogP contribution in [0.15, 0.2) is 24.3 Å². The van der Waals surface area contributed by atoms with E-state index in [1.165, 1.54) is 13.5 Å². The number of alkyl carbamates (subject to hydrolysis) is 1. The highest BCUT2D eigenvalue weighted by atomic mass is 35.5. The monoisotopic (exact) mass is 538 g/mol. The van der Waals surface area contributed by atoms with Gasteiger partial charge in [0.2, 0.25) is 0 Å². The van der Waals surface area contributed by atoms with Crippen LogP contribution < -0.4 is 16.0 Å². The largest absolute Gasteiger partial charge is 0.453 e. The lowest BCUT2D eigenvalue weighted by Gasteiger charge is -2.38. The van der Waals surface area contributed by atoms with Crippen molar-refractivity contribution in [2.24, 2.45) is 11.8 Å². The molecule has 2 fully saturated rings. The van der Waals surface area contributed by atoms with E-state index in [-0.39, 0.29) is 24.1 Å². The number of carbonyl (C=O) groups is 2. The molecule has 1 aromatic rings. The van der Waals surface area contributed by atoms with E-state index in [0.717, 1.165) is 57.4 Å². The molecule has 0 aliphatic carbocycles. The molecule has 2 aliphatic heterocycles. The number of rotatable bonds is 11. The first-order valence-corrected chi connectivity index (χ1v) is 13.8. The maximum atomic E-state index is 13.4. The normalized spacial score (nSPS) is 22.0. The van der Waals surface area contributed by atoms with E-state index in [1.54, 1.807) is 0 Å². The maximum Gasteiger partial charge on any atom is 0.406 e. The van der Waals surface area contributed by atoms with Crippen molar-refractivity contribution in [2.45, 2.75) is 50.7 Å². The van der Waals surface area contributed by atoms with Crippen molar-refractivity contribution in [1.29, 1.82) is 0 Å². The molecule has 0 saturated carbocycles. The summed E-state index contributed by atoms with van der Waals surface area (Å²) in [4.78, 5) is 26.7. The van der Waals surface area contributed by atoms with Crippen LogP contribution in [0.25, 0.3) is 0 Å². The highest BCUT2D eigenvalue weighted by Crippen LogP contribution is 2.34. The molecule has 9 nitrogen and oxygen atoms in total. The molecule has 0 unspecified atom stereocenters. The van der Waals surface area contributed by atoms with Crippen molar-refractivity contribution in [3.8, 4) is 0 Å². The van der Waals surface area contributed by atoms with Gasteiger partial charge >= 0.3 is 12.1 Å². The van der Waals surface area contributed by atoms with Crippen molar-refractivity contribution >= 4 is 23.7 Å². The van der Waals surface area contributed by atoms with Gasteiger partial charge in [-0.25, -0.2) is 9.59 Å². The van der Waals surface area contributed by atoms with Gasteiger partial charge in [-0.05, 0) is 62.8 Å². The van der Waals surface area contributed by atoms with E-state index in [9.17, 15) is 9.59 Å². The summed E-state index contributed by atoms with van der Waals surface area (Å²) < 4.78 is 16.7. The van der Waals surface area contributed by atoms with Crippen LogP contribution in [0.4, 0.5) is 9.59 Å². The van der Waals surface area contributed by atoms with E-state index < -0.39 is 6.09 Å². The van der Waals surface area contributed by atoms with Crippen LogP contribution in [-0.4, -0.2) is 83.2 Å². The van der Waals surface area contributed by atoms with Gasteiger partial charge in [0, 0.05) is 56.4 Å². The van der Waals surface area contributed by atoms with E-state index in [0.29, 0.717) is 37.2 Å². The van der Waals surface area contributed by atoms with Crippen LogP contribution in [-0.2, 0) is 14.2 Å². The zero-order chi connectivity index (χ0) is 26.5. The molecular weight excluding hydrogens is 496 g/mol. The van der Waals surface area contributed by atoms with Crippen LogP contribution >= 0.6 is 11.6 Å². The minimum atomic E-state index is -0.491. The lowest BCUT2D eigenvalue weighted by molar-refractivity contribution is -0.00866. The summed E-state index contributed by atoms with van der Waals surface area (Å²) in [5, 5.41) is 9.80. The average Bonchev–Trinajstić information content (AvgIpc) is 3.17. The number of methoxy groups -OCH3 is 1. The second-order valence-electron chi connectivity index (χ2n) is 9.99. The standard InChI is InChI=1S/C27H43ClN4O5/c1-29-17-24(15-20-7-3-4-13-36-19-20)31-26(33)32-12-6-9-22(18-32)25(21-8-5-10-23(28)16-21)37-14-11-30-27(34)35-2/h5,8,10,16,20,22,24-25,29H,3-4,6-7,9,11-15,17-19H2,1-2H3,(H,30,34)(H,31,33)/t20-,22-,24+,25+/m1/s1. The topological polar surface area (TPSA) is 101 Å². The maximum absolute atomic E-state index is 13.4. The first kappa shape index (κ1) is 29.5. The lowest BCUT2D eigenvalue weighted by Crippen LogP contribution is -2.52. The predicted molar refractivity (Wildman–Crippen MR) is 144 cm³/mol. The van der Waals surface area contributed by atoms with Crippen molar-refractivity contribution in [3.05, 3.63) is 34.9 Å². The molecule has 2 heterocycles. The van der Waals surface area contributed by atoms with Crippen molar-refractivity contribution in [3.63, 3.8) is 0 Å². The highest BCUT2D eigenvalue weighted by molar-refractivity contribution is 6.30. The fraction of sp³-hybridized carbons (Fsp3) is 0.704. The zero-order valence-corrected chi connectivity index (χ0v) is 22.9. The SMILES string of the molecule is CNC[C@H](C[C@H]1CCCCOC1)NC(=O)N1CCC[C@@H]([C@@H](OCCNC(=O)OC)c2cccc(Cl)c2)C1. The fourth-order valence-electron chi connectivity index (χ4n) is 5.31. The molecule has 0 aromatic heterocycles. The van der Waals surface area contributed by atoms with E-state index in [1.807, 2.05) is 36.2 Å². The van der Waals surface area contributed by atoms with Crippen LogP contribution in [0.1, 0.15) is 50.2 Å². The second-order valence-corrected chi connectivity index (χ2v) is 10.4. The van der Waals surface area contributed by atoms with Gasteiger partial charge in [0.15, 0.2) is 0 Å². The Morgan fingerprint density at radius 3 is 2.89 bits per heavy atom. The zero-order valence-electron chi connectivity index (χ0n) is 22.2. The third-order valence-electron chi connectivity index (χ3n) is 7.11. The number of halogens is 1. The van der Waals surface area contributed by atoms with Gasteiger partial charge in [0.25, 0.3) is 0 Å². The molecule has 2 aliphatic rings. The smallest absolute Gasteiger partial charge is 0.406 e. The number of nitrogens with one attached hydrogen (secondary N) is 3. The molecule has 4 atom stereocenters. The van der Waals surface area contributed by atoms with Gasteiger partial charge in [0.1, 0.15) is 0 Å². The number of hydrogen-bond donors (Lipinski definition) is 3. The minimum absolute atomic E-state index is 0.0308. The van der Waals surface area contributed by atoms with Crippen LogP contribution in [0.5, 0.6) is 0 Å². The van der Waals surface area contributed by atoms with E-state index in [4.69, 9.17) is 21.1 Å². The van der Waals surface area contributed by atoms with Gasteiger partial charge in [-0.15, -0.1) is 0 Å². The number of amides is 3. The molecule has 1 aromatic carbocycles. The number of ether oxygens (including phenoxy) is 3. The summed E-state index contributed by atoms with van der Waals surface area (Å²) in [6, 6.07) is 7.68. The molecule has 2 saturated heterocycles. The van der Waals surface area contributed by atoms with Crippen molar-refractivity contribution in [2.75, 3.05) is 60.2 Å². The highest BCUT2D eigenvalue weighted by Gasteiger charge is 2.32. The molecule has 3 amide bonds. The van der Waals surface area contributed by atoms with E-state index in [2.05, 4.69) is 20.7 Å². The van der Waals surface area contributed by atoms with Crippen LogP contribution in [0.3, 0.4) is 0 Å². The van der Waals surface area contributed by atoms with Crippen LogP contribution in [0.2, 0.25) is 5.02 Å². The Morgan fingerprint density at radius 2 is 2.11 bits per heavy atom. The number of nitrogens with zero attached hydrogens (tertiary/aromatic N) is 1. The minimum Gasteiger partial charge on any atom is -0.453 e.